The molecule has 158 valence electrons. The van der Waals surface area contributed by atoms with Crippen LogP contribution < -0.4 is 10.1 Å². The summed E-state index contributed by atoms with van der Waals surface area (Å²) in [6.45, 7) is 14.7. The van der Waals surface area contributed by atoms with Crippen LogP contribution in [0.15, 0.2) is 30.3 Å². The third-order valence-corrected chi connectivity index (χ3v) is 8.40. The van der Waals surface area contributed by atoms with Crippen molar-refractivity contribution in [3.05, 3.63) is 35.9 Å². The number of para-hydroxylation sites is 1. The van der Waals surface area contributed by atoms with Crippen LogP contribution in [-0.2, 0) is 4.74 Å². The zero-order chi connectivity index (χ0) is 21.4. The van der Waals surface area contributed by atoms with Gasteiger partial charge in [-0.2, -0.15) is 0 Å². The van der Waals surface area contributed by atoms with E-state index in [4.69, 9.17) is 9.47 Å². The van der Waals surface area contributed by atoms with Gasteiger partial charge in [-0.05, 0) is 57.8 Å². The third-order valence-electron chi connectivity index (χ3n) is 4.84. The van der Waals surface area contributed by atoms with Gasteiger partial charge in [-0.3, -0.25) is 0 Å². The molecule has 0 atom stereocenters. The van der Waals surface area contributed by atoms with Crippen molar-refractivity contribution < 1.29 is 19.1 Å². The van der Waals surface area contributed by atoms with E-state index in [1.54, 1.807) is 0 Å². The van der Waals surface area contributed by atoms with Gasteiger partial charge in [-0.25, -0.2) is 4.79 Å². The highest BCUT2D eigenvalue weighted by Gasteiger charge is 2.37. The first kappa shape index (κ1) is 24.2. The summed E-state index contributed by atoms with van der Waals surface area (Å²) in [7, 11) is -2.18. The van der Waals surface area contributed by atoms with Gasteiger partial charge in [0.15, 0.2) is 8.32 Å². The Morgan fingerprint density at radius 1 is 1.18 bits per heavy atom. The molecule has 0 saturated heterocycles. The molecule has 1 aromatic rings. The summed E-state index contributed by atoms with van der Waals surface area (Å²) in [5.41, 5.74) is 0.459. The van der Waals surface area contributed by atoms with Gasteiger partial charge >= 0.3 is 6.09 Å². The van der Waals surface area contributed by atoms with Crippen molar-refractivity contribution in [3.63, 3.8) is 0 Å². The van der Waals surface area contributed by atoms with Gasteiger partial charge in [0.1, 0.15) is 11.4 Å². The van der Waals surface area contributed by atoms with Crippen molar-refractivity contribution in [3.8, 4) is 5.75 Å². The van der Waals surface area contributed by atoms with Crippen LogP contribution in [0.3, 0.4) is 0 Å². The lowest BCUT2D eigenvalue weighted by molar-refractivity contribution is 0.0534. The topological polar surface area (TPSA) is 67.8 Å². The lowest BCUT2D eigenvalue weighted by Crippen LogP contribution is -2.39. The first-order chi connectivity index (χ1) is 12.8. The first-order valence-electron chi connectivity index (χ1n) is 9.89. The molecule has 0 bridgehead atoms. The minimum absolute atomic E-state index is 0.0386. The number of hydrogen-bond acceptors (Lipinski definition) is 4. The van der Waals surface area contributed by atoms with Crippen LogP contribution in [0.5, 0.6) is 5.75 Å². The number of carbonyl (C=O) groups excluding carboxylic acids is 1. The molecule has 0 radical (unpaired) electrons. The predicted octanol–water partition coefficient (Wildman–Crippen LogP) is 5.36. The monoisotopic (exact) mass is 407 g/mol. The van der Waals surface area contributed by atoms with E-state index in [9.17, 15) is 9.59 Å². The smallest absolute Gasteiger partial charge is 0.407 e. The van der Waals surface area contributed by atoms with Crippen LogP contribution in [0.25, 0.3) is 6.08 Å². The molecule has 0 aromatic heterocycles. The Labute approximate surface area is 171 Å². The molecule has 0 aliphatic heterocycles. The minimum atomic E-state index is -2.18. The zero-order valence-electron chi connectivity index (χ0n) is 18.5. The Balaban J connectivity index is 2.51. The molecule has 28 heavy (non-hydrogen) atoms. The maximum absolute atomic E-state index is 11.7. The second kappa shape index (κ2) is 10.1. The van der Waals surface area contributed by atoms with Gasteiger partial charge in [0.25, 0.3) is 0 Å². The molecular weight excluding hydrogens is 370 g/mol. The number of rotatable bonds is 9. The number of amides is 1. The Kier molecular flexibility index (Phi) is 8.76. The van der Waals surface area contributed by atoms with Gasteiger partial charge in [0.2, 0.25) is 0 Å². The van der Waals surface area contributed by atoms with Crippen molar-refractivity contribution in [1.82, 2.24) is 5.32 Å². The van der Waals surface area contributed by atoms with Crippen molar-refractivity contribution in [2.75, 3.05) is 13.2 Å². The quantitative estimate of drug-likeness (QED) is 0.427. The summed E-state index contributed by atoms with van der Waals surface area (Å²) in [5.74, 6) is 0.814. The van der Waals surface area contributed by atoms with E-state index in [1.807, 2.05) is 70.3 Å². The molecule has 0 fully saturated rings. The Morgan fingerprint density at radius 2 is 1.82 bits per heavy atom. The Bertz CT molecular complexity index is 657. The molecule has 1 rings (SSSR count). The van der Waals surface area contributed by atoms with E-state index in [0.717, 1.165) is 24.2 Å². The van der Waals surface area contributed by atoms with Crippen molar-refractivity contribution in [2.45, 2.75) is 71.2 Å². The van der Waals surface area contributed by atoms with E-state index < -0.39 is 20.0 Å². The fourth-order valence-corrected chi connectivity index (χ4v) is 3.18. The van der Waals surface area contributed by atoms with E-state index in [2.05, 4.69) is 19.2 Å². The van der Waals surface area contributed by atoms with Gasteiger partial charge in [0.05, 0.1) is 6.61 Å². The van der Waals surface area contributed by atoms with E-state index in [-0.39, 0.29) is 5.04 Å². The fourth-order valence-electron chi connectivity index (χ4n) is 2.39. The summed E-state index contributed by atoms with van der Waals surface area (Å²) < 4.78 is 11.2. The second-order valence-electron chi connectivity index (χ2n) is 9.22. The minimum Gasteiger partial charge on any atom is -0.493 e. The van der Waals surface area contributed by atoms with Crippen molar-refractivity contribution in [1.29, 1.82) is 0 Å². The van der Waals surface area contributed by atoms with Crippen molar-refractivity contribution in [2.24, 2.45) is 0 Å². The number of hydrogen-bond donors (Lipinski definition) is 2. The van der Waals surface area contributed by atoms with Crippen LogP contribution in [0.4, 0.5) is 4.79 Å². The second-order valence-corrected chi connectivity index (χ2v) is 13.7. The number of carbonyl (C=O) groups is 1. The summed E-state index contributed by atoms with van der Waals surface area (Å²) in [6.07, 6.45) is 5.19. The predicted molar refractivity (Wildman–Crippen MR) is 118 cm³/mol. The molecule has 2 N–H and O–H groups in total. The molecule has 0 heterocycles. The van der Waals surface area contributed by atoms with Gasteiger partial charge in [0, 0.05) is 12.1 Å². The highest BCUT2D eigenvalue weighted by atomic mass is 28.4. The van der Waals surface area contributed by atoms with Crippen LogP contribution in [0.2, 0.25) is 18.1 Å². The number of nitrogens with one attached hydrogen (secondary N) is 1. The lowest BCUT2D eigenvalue weighted by atomic mass is 10.1. The fraction of sp³-hybridized carbons (Fsp3) is 0.591. The SMILES string of the molecule is CC(C)(C)OC(=O)NC/C=C/c1ccccc1OCCCC(C)(C)[Si](C)(C)O. The Morgan fingerprint density at radius 3 is 2.43 bits per heavy atom. The number of alkyl carbamates (subject to hydrolysis) is 1. The number of benzene rings is 1. The summed E-state index contributed by atoms with van der Waals surface area (Å²) in [5, 5.41) is 2.66. The van der Waals surface area contributed by atoms with Crippen molar-refractivity contribution >= 4 is 20.5 Å². The standard InChI is InChI=1S/C22H37NO4Si/c1-21(2,3)27-20(24)23-16-10-13-18-12-8-9-14-19(18)26-17-11-15-22(4,5)28(6,7)25/h8-10,12-14,25H,11,15-17H2,1-7H3,(H,23,24)/b13-10+. The molecule has 1 amide bonds. The number of ether oxygens (including phenoxy) is 2. The van der Waals surface area contributed by atoms with Crippen LogP contribution in [-0.4, -0.2) is 38.0 Å². The van der Waals surface area contributed by atoms with E-state index in [1.165, 1.54) is 0 Å². The summed E-state index contributed by atoms with van der Waals surface area (Å²) in [4.78, 5) is 22.0. The highest BCUT2D eigenvalue weighted by Crippen LogP contribution is 2.39. The molecule has 0 aliphatic rings. The van der Waals surface area contributed by atoms with Crippen LogP contribution in [0, 0.1) is 0 Å². The normalized spacial score (nSPS) is 12.9. The average Bonchev–Trinajstić information content (AvgIpc) is 2.54. The Hall–Kier alpha value is -1.79. The van der Waals surface area contributed by atoms with Crippen LogP contribution in [0.1, 0.15) is 53.0 Å². The molecule has 5 nitrogen and oxygen atoms in total. The molecule has 0 spiro atoms. The van der Waals surface area contributed by atoms with Gasteiger partial charge in [-0.15, -0.1) is 0 Å². The lowest BCUT2D eigenvalue weighted by Gasteiger charge is -2.35. The first-order valence-corrected chi connectivity index (χ1v) is 12.8. The molecule has 6 heteroatoms. The largest absolute Gasteiger partial charge is 0.493 e. The maximum Gasteiger partial charge on any atom is 0.407 e. The van der Waals surface area contributed by atoms with E-state index >= 15 is 0 Å². The summed E-state index contributed by atoms with van der Waals surface area (Å²) >= 11 is 0. The highest BCUT2D eigenvalue weighted by molar-refractivity contribution is 6.72. The van der Waals surface area contributed by atoms with Gasteiger partial charge in [-0.1, -0.05) is 44.2 Å². The third kappa shape index (κ3) is 8.93. The molecule has 0 saturated carbocycles. The molecular formula is C22H37NO4Si. The molecule has 1 aromatic carbocycles. The average molecular weight is 408 g/mol. The molecule has 0 aliphatic carbocycles. The molecule has 0 unspecified atom stereocenters. The maximum atomic E-state index is 11.7. The summed E-state index contributed by atoms with van der Waals surface area (Å²) in [6, 6.07) is 7.82. The van der Waals surface area contributed by atoms with Gasteiger partial charge < -0.3 is 19.6 Å². The van der Waals surface area contributed by atoms with E-state index in [0.29, 0.717) is 13.2 Å². The zero-order valence-corrected chi connectivity index (χ0v) is 19.5. The van der Waals surface area contributed by atoms with Crippen LogP contribution >= 0.6 is 0 Å².